The van der Waals surface area contributed by atoms with Crippen LogP contribution in [0.5, 0.6) is 0 Å². The summed E-state index contributed by atoms with van der Waals surface area (Å²) < 4.78 is 0. The molecule has 0 aliphatic carbocycles. The van der Waals surface area contributed by atoms with Gasteiger partial charge in [0, 0.05) is 24.2 Å². The van der Waals surface area contributed by atoms with Gasteiger partial charge in [-0.1, -0.05) is 0 Å². The molecule has 2 unspecified atom stereocenters. The maximum Gasteiger partial charge on any atom is 0.0442 e. The average Bonchev–Trinajstić information content (AvgIpc) is 1.88. The Morgan fingerprint density at radius 3 is 1.20 bits per heavy atom. The first kappa shape index (κ1) is 9.84. The summed E-state index contributed by atoms with van der Waals surface area (Å²) in [6.07, 6.45) is 0. The number of nitrogens with two attached hydrogens (primary N) is 4. The second-order valence-corrected chi connectivity index (χ2v) is 3.24. The first-order valence-corrected chi connectivity index (χ1v) is 3.35. The van der Waals surface area contributed by atoms with Crippen LogP contribution in [0, 0.1) is 0 Å². The highest BCUT2D eigenvalue weighted by atomic mass is 15.0. The highest BCUT2D eigenvalue weighted by molar-refractivity contribution is 5.02. The molecule has 0 heterocycles. The third-order valence-corrected chi connectivity index (χ3v) is 2.15. The van der Waals surface area contributed by atoms with E-state index in [-0.39, 0.29) is 0 Å². The third-order valence-electron chi connectivity index (χ3n) is 2.15. The summed E-state index contributed by atoms with van der Waals surface area (Å²) in [5.41, 5.74) is 21.2. The van der Waals surface area contributed by atoms with Crippen LogP contribution in [0.15, 0.2) is 0 Å². The van der Waals surface area contributed by atoms with Crippen molar-refractivity contribution in [3.8, 4) is 0 Å². The van der Waals surface area contributed by atoms with Crippen molar-refractivity contribution in [1.29, 1.82) is 0 Å². The normalized spacial score (nSPS) is 23.4. The second kappa shape index (κ2) is 2.84. The molecule has 62 valence electrons. The lowest BCUT2D eigenvalue weighted by molar-refractivity contribution is 0.275. The fourth-order valence-electron chi connectivity index (χ4n) is 0.466. The first-order chi connectivity index (χ1) is 4.37. The van der Waals surface area contributed by atoms with Crippen LogP contribution in [0.4, 0.5) is 0 Å². The van der Waals surface area contributed by atoms with Gasteiger partial charge in [-0.25, -0.2) is 0 Å². The lowest BCUT2D eigenvalue weighted by Gasteiger charge is -2.39. The first-order valence-electron chi connectivity index (χ1n) is 3.35. The monoisotopic (exact) mass is 146 g/mol. The zero-order chi connectivity index (χ0) is 8.41. The van der Waals surface area contributed by atoms with Crippen LogP contribution in [0.2, 0.25) is 0 Å². The summed E-state index contributed by atoms with van der Waals surface area (Å²) in [5, 5.41) is 0. The highest BCUT2D eigenvalue weighted by Crippen LogP contribution is 2.12. The van der Waals surface area contributed by atoms with Gasteiger partial charge in [0.15, 0.2) is 0 Å². The molecule has 0 aromatic rings. The minimum atomic E-state index is -0.582. The fraction of sp³-hybridized carbons (Fsp3) is 1.00. The van der Waals surface area contributed by atoms with Gasteiger partial charge in [-0.15, -0.1) is 0 Å². The Hall–Kier alpha value is -0.160. The van der Waals surface area contributed by atoms with E-state index >= 15 is 0 Å². The molecule has 0 rings (SSSR count). The van der Waals surface area contributed by atoms with E-state index in [0.717, 1.165) is 0 Å². The van der Waals surface area contributed by atoms with E-state index in [0.29, 0.717) is 13.1 Å². The Kier molecular flexibility index (Phi) is 2.79. The molecule has 0 radical (unpaired) electrons. The lowest BCUT2D eigenvalue weighted by atomic mass is 9.81. The van der Waals surface area contributed by atoms with Gasteiger partial charge in [-0.3, -0.25) is 0 Å². The Morgan fingerprint density at radius 1 is 0.900 bits per heavy atom. The maximum absolute atomic E-state index is 5.77. The summed E-state index contributed by atoms with van der Waals surface area (Å²) in [6, 6.07) is 0. The van der Waals surface area contributed by atoms with Crippen LogP contribution in [0.1, 0.15) is 13.8 Å². The van der Waals surface area contributed by atoms with Gasteiger partial charge >= 0.3 is 0 Å². The van der Waals surface area contributed by atoms with Crippen molar-refractivity contribution < 1.29 is 0 Å². The molecular formula is C6H18N4. The molecule has 0 aliphatic rings. The van der Waals surface area contributed by atoms with Crippen molar-refractivity contribution in [2.45, 2.75) is 24.9 Å². The van der Waals surface area contributed by atoms with E-state index in [1.807, 2.05) is 0 Å². The molecule has 0 spiro atoms. The van der Waals surface area contributed by atoms with E-state index in [1.165, 1.54) is 0 Å². The maximum atomic E-state index is 5.77. The SMILES string of the molecule is CC(N)(CN)C(C)(N)CN. The van der Waals surface area contributed by atoms with Crippen LogP contribution in [0.3, 0.4) is 0 Å². The van der Waals surface area contributed by atoms with Crippen molar-refractivity contribution >= 4 is 0 Å². The average molecular weight is 146 g/mol. The minimum absolute atomic E-state index is 0.344. The summed E-state index contributed by atoms with van der Waals surface area (Å²) in [7, 11) is 0. The van der Waals surface area contributed by atoms with Gasteiger partial charge in [0.25, 0.3) is 0 Å². The molecule has 2 atom stereocenters. The Morgan fingerprint density at radius 2 is 1.10 bits per heavy atom. The number of hydrogen-bond donors (Lipinski definition) is 4. The van der Waals surface area contributed by atoms with E-state index in [2.05, 4.69) is 0 Å². The molecule has 0 aliphatic heterocycles. The summed E-state index contributed by atoms with van der Waals surface area (Å²) in [4.78, 5) is 0. The summed E-state index contributed by atoms with van der Waals surface area (Å²) in [6.45, 7) is 4.30. The topological polar surface area (TPSA) is 104 Å². The highest BCUT2D eigenvalue weighted by Gasteiger charge is 2.35. The van der Waals surface area contributed by atoms with Crippen molar-refractivity contribution in [1.82, 2.24) is 0 Å². The van der Waals surface area contributed by atoms with Gasteiger partial charge in [-0.2, -0.15) is 0 Å². The predicted molar refractivity (Wildman–Crippen MR) is 43.3 cm³/mol. The lowest BCUT2D eigenvalue weighted by Crippen LogP contribution is -2.69. The number of hydrogen-bond acceptors (Lipinski definition) is 4. The molecule has 0 amide bonds. The van der Waals surface area contributed by atoms with Crippen LogP contribution in [0.25, 0.3) is 0 Å². The Bertz CT molecular complexity index is 94.3. The standard InChI is InChI=1S/C6H18N4/c1-5(9,3-7)6(2,10)4-8/h3-4,7-10H2,1-2H3. The fourth-order valence-corrected chi connectivity index (χ4v) is 0.466. The zero-order valence-electron chi connectivity index (χ0n) is 6.72. The molecule has 0 aromatic heterocycles. The van der Waals surface area contributed by atoms with Gasteiger partial charge in [0.1, 0.15) is 0 Å². The summed E-state index contributed by atoms with van der Waals surface area (Å²) in [5.74, 6) is 0. The quantitative estimate of drug-likeness (QED) is 0.382. The van der Waals surface area contributed by atoms with Gasteiger partial charge in [0.05, 0.1) is 0 Å². The van der Waals surface area contributed by atoms with Crippen molar-refractivity contribution in [3.63, 3.8) is 0 Å². The largest absolute Gasteiger partial charge is 0.329 e. The van der Waals surface area contributed by atoms with Gasteiger partial charge < -0.3 is 22.9 Å². The van der Waals surface area contributed by atoms with Crippen LogP contribution in [-0.4, -0.2) is 24.2 Å². The van der Waals surface area contributed by atoms with Crippen molar-refractivity contribution in [2.75, 3.05) is 13.1 Å². The van der Waals surface area contributed by atoms with E-state index in [1.54, 1.807) is 13.8 Å². The summed E-state index contributed by atoms with van der Waals surface area (Å²) >= 11 is 0. The van der Waals surface area contributed by atoms with E-state index < -0.39 is 11.1 Å². The predicted octanol–water partition coefficient (Wildman–Crippen LogP) is -1.66. The molecule has 0 fully saturated rings. The molecule has 0 saturated heterocycles. The van der Waals surface area contributed by atoms with Crippen LogP contribution >= 0.6 is 0 Å². The molecule has 4 nitrogen and oxygen atoms in total. The van der Waals surface area contributed by atoms with Crippen LogP contribution in [-0.2, 0) is 0 Å². The van der Waals surface area contributed by atoms with E-state index in [9.17, 15) is 0 Å². The third kappa shape index (κ3) is 1.67. The van der Waals surface area contributed by atoms with Gasteiger partial charge in [-0.05, 0) is 13.8 Å². The molecule has 0 aromatic carbocycles. The van der Waals surface area contributed by atoms with Crippen LogP contribution < -0.4 is 22.9 Å². The van der Waals surface area contributed by atoms with Crippen molar-refractivity contribution in [3.05, 3.63) is 0 Å². The minimum Gasteiger partial charge on any atom is -0.329 e. The number of rotatable bonds is 3. The molecule has 8 N–H and O–H groups in total. The van der Waals surface area contributed by atoms with Crippen molar-refractivity contribution in [2.24, 2.45) is 22.9 Å². The molecule has 4 heteroatoms. The van der Waals surface area contributed by atoms with E-state index in [4.69, 9.17) is 22.9 Å². The smallest absolute Gasteiger partial charge is 0.0442 e. The molecule has 10 heavy (non-hydrogen) atoms. The molecule has 0 saturated carbocycles. The molecule has 0 bridgehead atoms. The Balaban J connectivity index is 4.28. The Labute approximate surface area is 61.9 Å². The second-order valence-electron chi connectivity index (χ2n) is 3.24. The molecular weight excluding hydrogens is 128 g/mol. The van der Waals surface area contributed by atoms with Gasteiger partial charge in [0.2, 0.25) is 0 Å². The zero-order valence-corrected chi connectivity index (χ0v) is 6.72.